The Hall–Kier alpha value is -1.25. The van der Waals surface area contributed by atoms with Crippen molar-refractivity contribution >= 4 is 11.6 Å². The molecule has 19 heavy (non-hydrogen) atoms. The Bertz CT molecular complexity index is 378. The van der Waals surface area contributed by atoms with Crippen molar-refractivity contribution in [3.05, 3.63) is 18.2 Å². The molecule has 106 valence electrons. The lowest BCUT2D eigenvalue weighted by Crippen LogP contribution is -2.25. The Kier molecular flexibility index (Phi) is 5.49. The van der Waals surface area contributed by atoms with E-state index in [4.69, 9.17) is 4.98 Å². The standard InChI is InChI=1S/C16H27N3/c1-3-11-17-15-8-5-9-16(18-15)19-12-6-7-14(4-2)10-13-19/h5,8-9,14H,3-4,6-7,10-13H2,1-2H3,(H,17,18). The maximum atomic E-state index is 4.74. The van der Waals surface area contributed by atoms with Gasteiger partial charge in [0.15, 0.2) is 0 Å². The molecular weight excluding hydrogens is 234 g/mol. The molecule has 1 saturated heterocycles. The van der Waals surface area contributed by atoms with Gasteiger partial charge in [-0.1, -0.05) is 26.3 Å². The highest BCUT2D eigenvalue weighted by Crippen LogP contribution is 2.24. The van der Waals surface area contributed by atoms with Crippen LogP contribution in [0.3, 0.4) is 0 Å². The number of nitrogens with one attached hydrogen (secondary N) is 1. The number of pyridine rings is 1. The first-order valence-corrected chi connectivity index (χ1v) is 7.79. The van der Waals surface area contributed by atoms with E-state index in [0.717, 1.165) is 43.6 Å². The van der Waals surface area contributed by atoms with Crippen LogP contribution in [0.4, 0.5) is 11.6 Å². The van der Waals surface area contributed by atoms with E-state index >= 15 is 0 Å². The maximum absolute atomic E-state index is 4.74. The molecule has 0 spiro atoms. The molecule has 1 unspecified atom stereocenters. The zero-order valence-corrected chi connectivity index (χ0v) is 12.4. The molecule has 0 saturated carbocycles. The van der Waals surface area contributed by atoms with Gasteiger partial charge in [0, 0.05) is 19.6 Å². The van der Waals surface area contributed by atoms with Crippen molar-refractivity contribution in [3.63, 3.8) is 0 Å². The Morgan fingerprint density at radius 2 is 2.16 bits per heavy atom. The topological polar surface area (TPSA) is 28.2 Å². The molecule has 2 heterocycles. The molecule has 1 aliphatic rings. The Balaban J connectivity index is 2.00. The summed E-state index contributed by atoms with van der Waals surface area (Å²) in [4.78, 5) is 7.19. The third kappa shape index (κ3) is 4.12. The second-order valence-electron chi connectivity index (χ2n) is 5.50. The smallest absolute Gasteiger partial charge is 0.130 e. The summed E-state index contributed by atoms with van der Waals surface area (Å²) in [6.45, 7) is 7.79. The number of anilines is 2. The maximum Gasteiger partial charge on any atom is 0.130 e. The zero-order valence-electron chi connectivity index (χ0n) is 12.4. The Morgan fingerprint density at radius 3 is 2.95 bits per heavy atom. The minimum atomic E-state index is 0.909. The van der Waals surface area contributed by atoms with Gasteiger partial charge < -0.3 is 10.2 Å². The van der Waals surface area contributed by atoms with Crippen LogP contribution in [0, 0.1) is 5.92 Å². The fraction of sp³-hybridized carbons (Fsp3) is 0.688. The fourth-order valence-corrected chi connectivity index (χ4v) is 2.75. The van der Waals surface area contributed by atoms with Gasteiger partial charge in [0.25, 0.3) is 0 Å². The first kappa shape index (κ1) is 14.2. The molecule has 3 nitrogen and oxygen atoms in total. The summed E-state index contributed by atoms with van der Waals surface area (Å²) < 4.78 is 0. The van der Waals surface area contributed by atoms with Crippen LogP contribution in [0.25, 0.3) is 0 Å². The molecule has 1 aliphatic heterocycles. The molecule has 0 aliphatic carbocycles. The predicted molar refractivity (Wildman–Crippen MR) is 82.9 cm³/mol. The van der Waals surface area contributed by atoms with Gasteiger partial charge in [-0.3, -0.25) is 0 Å². The second-order valence-corrected chi connectivity index (χ2v) is 5.50. The van der Waals surface area contributed by atoms with E-state index < -0.39 is 0 Å². The lowest BCUT2D eigenvalue weighted by atomic mass is 9.98. The van der Waals surface area contributed by atoms with Gasteiger partial charge in [-0.15, -0.1) is 0 Å². The first-order chi connectivity index (χ1) is 9.33. The Morgan fingerprint density at radius 1 is 1.26 bits per heavy atom. The van der Waals surface area contributed by atoms with Crippen LogP contribution in [-0.2, 0) is 0 Å². The summed E-state index contributed by atoms with van der Waals surface area (Å²) in [7, 11) is 0. The largest absolute Gasteiger partial charge is 0.370 e. The summed E-state index contributed by atoms with van der Waals surface area (Å²) in [5.74, 6) is 3.06. The molecule has 1 aromatic rings. The molecular formula is C16H27N3. The average Bonchev–Trinajstić information content (AvgIpc) is 2.71. The van der Waals surface area contributed by atoms with Crippen molar-refractivity contribution in [2.75, 3.05) is 29.9 Å². The third-order valence-corrected chi connectivity index (χ3v) is 4.04. The zero-order chi connectivity index (χ0) is 13.5. The van der Waals surface area contributed by atoms with Gasteiger partial charge in [-0.05, 0) is 43.7 Å². The van der Waals surface area contributed by atoms with E-state index in [1.807, 2.05) is 0 Å². The van der Waals surface area contributed by atoms with Gasteiger partial charge in [-0.2, -0.15) is 0 Å². The summed E-state index contributed by atoms with van der Waals surface area (Å²) in [5.41, 5.74) is 0. The molecule has 0 radical (unpaired) electrons. The molecule has 0 amide bonds. The molecule has 1 atom stereocenters. The SMILES string of the molecule is CCCNc1cccc(N2CCCC(CC)CC2)n1. The monoisotopic (exact) mass is 261 g/mol. The molecule has 3 heteroatoms. The summed E-state index contributed by atoms with van der Waals surface area (Å²) in [5, 5.41) is 3.37. The number of rotatable bonds is 5. The molecule has 2 rings (SSSR count). The van der Waals surface area contributed by atoms with Crippen LogP contribution in [0.1, 0.15) is 46.0 Å². The highest BCUT2D eigenvalue weighted by Gasteiger charge is 2.16. The van der Waals surface area contributed by atoms with Gasteiger partial charge in [0.1, 0.15) is 11.6 Å². The van der Waals surface area contributed by atoms with Crippen LogP contribution in [0.15, 0.2) is 18.2 Å². The van der Waals surface area contributed by atoms with Crippen LogP contribution in [0.2, 0.25) is 0 Å². The van der Waals surface area contributed by atoms with Crippen molar-refractivity contribution in [2.45, 2.75) is 46.0 Å². The molecule has 0 bridgehead atoms. The second kappa shape index (κ2) is 7.37. The fourth-order valence-electron chi connectivity index (χ4n) is 2.75. The normalized spacial score (nSPS) is 20.1. The van der Waals surface area contributed by atoms with E-state index in [0.29, 0.717) is 0 Å². The molecule has 1 aromatic heterocycles. The van der Waals surface area contributed by atoms with Crippen LogP contribution in [-0.4, -0.2) is 24.6 Å². The highest BCUT2D eigenvalue weighted by molar-refractivity contribution is 5.47. The van der Waals surface area contributed by atoms with Crippen molar-refractivity contribution < 1.29 is 0 Å². The third-order valence-electron chi connectivity index (χ3n) is 4.04. The summed E-state index contributed by atoms with van der Waals surface area (Å²) >= 11 is 0. The lowest BCUT2D eigenvalue weighted by Gasteiger charge is -2.22. The minimum absolute atomic E-state index is 0.909. The molecule has 0 aromatic carbocycles. The number of hydrogen-bond acceptors (Lipinski definition) is 3. The van der Waals surface area contributed by atoms with Crippen LogP contribution in [0.5, 0.6) is 0 Å². The van der Waals surface area contributed by atoms with Gasteiger partial charge in [-0.25, -0.2) is 4.98 Å². The average molecular weight is 261 g/mol. The number of hydrogen-bond donors (Lipinski definition) is 1. The van der Waals surface area contributed by atoms with Crippen molar-refractivity contribution in [1.82, 2.24) is 4.98 Å². The van der Waals surface area contributed by atoms with E-state index in [1.54, 1.807) is 0 Å². The predicted octanol–water partition coefficient (Wildman–Crippen LogP) is 3.92. The summed E-state index contributed by atoms with van der Waals surface area (Å²) in [6, 6.07) is 6.32. The molecule has 1 fully saturated rings. The van der Waals surface area contributed by atoms with Gasteiger partial charge >= 0.3 is 0 Å². The van der Waals surface area contributed by atoms with E-state index in [2.05, 4.69) is 42.3 Å². The Labute approximate surface area is 117 Å². The quantitative estimate of drug-likeness (QED) is 0.870. The van der Waals surface area contributed by atoms with E-state index in [9.17, 15) is 0 Å². The number of nitrogens with zero attached hydrogens (tertiary/aromatic N) is 2. The van der Waals surface area contributed by atoms with Crippen LogP contribution >= 0.6 is 0 Å². The van der Waals surface area contributed by atoms with E-state index in [1.165, 1.54) is 25.7 Å². The van der Waals surface area contributed by atoms with Crippen molar-refractivity contribution in [1.29, 1.82) is 0 Å². The molecule has 1 N–H and O–H groups in total. The van der Waals surface area contributed by atoms with Crippen molar-refractivity contribution in [2.24, 2.45) is 5.92 Å². The lowest BCUT2D eigenvalue weighted by molar-refractivity contribution is 0.459. The first-order valence-electron chi connectivity index (χ1n) is 7.79. The van der Waals surface area contributed by atoms with Crippen LogP contribution < -0.4 is 10.2 Å². The van der Waals surface area contributed by atoms with Gasteiger partial charge in [0.05, 0.1) is 0 Å². The van der Waals surface area contributed by atoms with E-state index in [-0.39, 0.29) is 0 Å². The minimum Gasteiger partial charge on any atom is -0.370 e. The summed E-state index contributed by atoms with van der Waals surface area (Å²) in [6.07, 6.45) is 6.44. The van der Waals surface area contributed by atoms with Crippen molar-refractivity contribution in [3.8, 4) is 0 Å². The van der Waals surface area contributed by atoms with Gasteiger partial charge in [0.2, 0.25) is 0 Å². The number of aromatic nitrogens is 1. The highest BCUT2D eigenvalue weighted by atomic mass is 15.2.